The van der Waals surface area contributed by atoms with Crippen molar-refractivity contribution < 1.29 is 32.3 Å². The van der Waals surface area contributed by atoms with Gasteiger partial charge >= 0.3 is 6.36 Å². The number of fused-ring (bicyclic) bond motifs is 1. The summed E-state index contributed by atoms with van der Waals surface area (Å²) >= 11 is 0. The lowest BCUT2D eigenvalue weighted by Gasteiger charge is -2.14. The lowest BCUT2D eigenvalue weighted by molar-refractivity contribution is -0.274. The van der Waals surface area contributed by atoms with E-state index in [9.17, 15) is 27.6 Å². The lowest BCUT2D eigenvalue weighted by atomic mass is 10.1. The molecule has 0 aliphatic carbocycles. The summed E-state index contributed by atoms with van der Waals surface area (Å²) in [5.41, 5.74) is 0.638. The number of anilines is 1. The third-order valence-electron chi connectivity index (χ3n) is 3.55. The number of hydrogen-bond acceptors (Lipinski definition) is 4. The molecular formula is C17H11F3N2O4. The van der Waals surface area contributed by atoms with Crippen LogP contribution in [0.25, 0.3) is 0 Å². The number of halogens is 3. The molecule has 6 nitrogen and oxygen atoms in total. The van der Waals surface area contributed by atoms with E-state index in [2.05, 4.69) is 10.1 Å². The predicted octanol–water partition coefficient (Wildman–Crippen LogP) is 2.82. The molecule has 3 rings (SSSR count). The molecule has 9 heteroatoms. The van der Waals surface area contributed by atoms with Gasteiger partial charge in [0.15, 0.2) is 0 Å². The van der Waals surface area contributed by atoms with Crippen molar-refractivity contribution in [2.75, 3.05) is 11.9 Å². The standard InChI is InChI=1S/C17H11F3N2O4/c18-17(19,20)26-11-7-5-10(6-8-11)21-14(23)9-22-15(24)12-3-1-2-4-13(12)16(22)25/h1-8H,9H2,(H,21,23). The Bertz CT molecular complexity index is 843. The maximum absolute atomic E-state index is 12.2. The van der Waals surface area contributed by atoms with Crippen molar-refractivity contribution in [1.82, 2.24) is 4.90 Å². The Morgan fingerprint density at radius 3 is 2.00 bits per heavy atom. The van der Waals surface area contributed by atoms with Crippen LogP contribution in [0.5, 0.6) is 5.75 Å². The summed E-state index contributed by atoms with van der Waals surface area (Å²) in [5, 5.41) is 2.40. The van der Waals surface area contributed by atoms with Gasteiger partial charge in [-0.1, -0.05) is 12.1 Å². The zero-order valence-electron chi connectivity index (χ0n) is 13.0. The van der Waals surface area contributed by atoms with Gasteiger partial charge in [0.25, 0.3) is 11.8 Å². The molecule has 0 saturated heterocycles. The van der Waals surface area contributed by atoms with Gasteiger partial charge in [0, 0.05) is 5.69 Å². The smallest absolute Gasteiger partial charge is 0.406 e. The van der Waals surface area contributed by atoms with Gasteiger partial charge < -0.3 is 10.1 Å². The summed E-state index contributed by atoms with van der Waals surface area (Å²) in [6.45, 7) is -0.507. The van der Waals surface area contributed by atoms with Crippen LogP contribution in [0.15, 0.2) is 48.5 Å². The zero-order valence-corrected chi connectivity index (χ0v) is 13.0. The first-order valence-electron chi connectivity index (χ1n) is 7.35. The van der Waals surface area contributed by atoms with E-state index >= 15 is 0 Å². The maximum Gasteiger partial charge on any atom is 0.573 e. The fourth-order valence-corrected chi connectivity index (χ4v) is 2.47. The van der Waals surface area contributed by atoms with Crippen LogP contribution in [0.3, 0.4) is 0 Å². The first kappa shape index (κ1) is 17.5. The minimum Gasteiger partial charge on any atom is -0.406 e. The highest BCUT2D eigenvalue weighted by Crippen LogP contribution is 2.25. The molecule has 1 N–H and O–H groups in total. The molecule has 1 aliphatic heterocycles. The highest BCUT2D eigenvalue weighted by molar-refractivity contribution is 6.22. The van der Waals surface area contributed by atoms with E-state index in [1.165, 1.54) is 24.3 Å². The van der Waals surface area contributed by atoms with Crippen LogP contribution in [-0.4, -0.2) is 35.5 Å². The van der Waals surface area contributed by atoms with Gasteiger partial charge in [0.05, 0.1) is 11.1 Å². The molecule has 0 aromatic heterocycles. The van der Waals surface area contributed by atoms with Gasteiger partial charge in [-0.25, -0.2) is 0 Å². The van der Waals surface area contributed by atoms with Crippen LogP contribution in [0.2, 0.25) is 0 Å². The molecule has 2 aromatic rings. The van der Waals surface area contributed by atoms with Gasteiger partial charge in [-0.3, -0.25) is 19.3 Å². The molecule has 1 aliphatic rings. The summed E-state index contributed by atoms with van der Waals surface area (Å²) in [6.07, 6.45) is -4.81. The number of imide groups is 1. The average molecular weight is 364 g/mol. The van der Waals surface area contributed by atoms with Crippen molar-refractivity contribution in [3.8, 4) is 5.75 Å². The van der Waals surface area contributed by atoms with Gasteiger partial charge in [0.2, 0.25) is 5.91 Å². The van der Waals surface area contributed by atoms with E-state index in [1.807, 2.05) is 0 Å². The van der Waals surface area contributed by atoms with Crippen molar-refractivity contribution in [1.29, 1.82) is 0 Å². The average Bonchev–Trinajstić information content (AvgIpc) is 2.81. The fourth-order valence-electron chi connectivity index (χ4n) is 2.47. The number of rotatable bonds is 4. The minimum atomic E-state index is -4.81. The fraction of sp³-hybridized carbons (Fsp3) is 0.118. The number of carbonyl (C=O) groups excluding carboxylic acids is 3. The number of nitrogens with one attached hydrogen (secondary N) is 1. The highest BCUT2D eigenvalue weighted by atomic mass is 19.4. The third kappa shape index (κ3) is 3.66. The largest absolute Gasteiger partial charge is 0.573 e. The number of carbonyl (C=O) groups is 3. The summed E-state index contributed by atoms with van der Waals surface area (Å²) < 4.78 is 40.0. The molecule has 0 fully saturated rings. The quantitative estimate of drug-likeness (QED) is 0.847. The van der Waals surface area contributed by atoms with E-state index in [0.29, 0.717) is 0 Å². The normalized spacial score (nSPS) is 13.6. The van der Waals surface area contributed by atoms with E-state index in [0.717, 1.165) is 17.0 Å². The van der Waals surface area contributed by atoms with Crippen LogP contribution in [0, 0.1) is 0 Å². The Labute approximate surface area is 145 Å². The van der Waals surface area contributed by atoms with Crippen LogP contribution >= 0.6 is 0 Å². The number of nitrogens with zero attached hydrogens (tertiary/aromatic N) is 1. The van der Waals surface area contributed by atoms with Crippen molar-refractivity contribution in [2.45, 2.75) is 6.36 Å². The monoisotopic (exact) mass is 364 g/mol. The van der Waals surface area contributed by atoms with Crippen molar-refractivity contribution >= 4 is 23.4 Å². The number of benzene rings is 2. The van der Waals surface area contributed by atoms with Crippen LogP contribution in [0.1, 0.15) is 20.7 Å². The van der Waals surface area contributed by atoms with E-state index < -0.39 is 36.4 Å². The molecule has 26 heavy (non-hydrogen) atoms. The first-order valence-corrected chi connectivity index (χ1v) is 7.35. The van der Waals surface area contributed by atoms with Gasteiger partial charge in [-0.15, -0.1) is 13.2 Å². The van der Waals surface area contributed by atoms with Crippen molar-refractivity contribution in [3.05, 3.63) is 59.7 Å². The summed E-state index contributed by atoms with van der Waals surface area (Å²) in [6, 6.07) is 10.7. The molecule has 0 unspecified atom stereocenters. The molecule has 0 saturated carbocycles. The predicted molar refractivity (Wildman–Crippen MR) is 83.6 cm³/mol. The van der Waals surface area contributed by atoms with Gasteiger partial charge in [0.1, 0.15) is 12.3 Å². The molecule has 0 radical (unpaired) electrons. The van der Waals surface area contributed by atoms with Crippen LogP contribution in [0.4, 0.5) is 18.9 Å². The number of amides is 3. The van der Waals surface area contributed by atoms with Crippen molar-refractivity contribution in [2.24, 2.45) is 0 Å². The molecular weight excluding hydrogens is 353 g/mol. The van der Waals surface area contributed by atoms with E-state index in [4.69, 9.17) is 0 Å². The Morgan fingerprint density at radius 1 is 0.962 bits per heavy atom. The second-order valence-corrected chi connectivity index (χ2v) is 5.36. The molecule has 134 valence electrons. The second kappa shape index (κ2) is 6.51. The lowest BCUT2D eigenvalue weighted by Crippen LogP contribution is -2.37. The molecule has 2 aromatic carbocycles. The van der Waals surface area contributed by atoms with E-state index in [1.54, 1.807) is 12.1 Å². The number of ether oxygens (including phenoxy) is 1. The topological polar surface area (TPSA) is 75.7 Å². The van der Waals surface area contributed by atoms with Crippen molar-refractivity contribution in [3.63, 3.8) is 0 Å². The molecule has 0 spiro atoms. The molecule has 3 amide bonds. The maximum atomic E-state index is 12.2. The van der Waals surface area contributed by atoms with Crippen LogP contribution < -0.4 is 10.1 Å². The Morgan fingerprint density at radius 2 is 1.50 bits per heavy atom. The molecule has 0 atom stereocenters. The summed E-state index contributed by atoms with van der Waals surface area (Å²) in [7, 11) is 0. The minimum absolute atomic E-state index is 0.195. The third-order valence-corrected chi connectivity index (χ3v) is 3.55. The Hall–Kier alpha value is -3.36. The first-order chi connectivity index (χ1) is 12.2. The number of alkyl halides is 3. The summed E-state index contributed by atoms with van der Waals surface area (Å²) in [4.78, 5) is 37.2. The highest BCUT2D eigenvalue weighted by Gasteiger charge is 2.36. The number of hydrogen-bond donors (Lipinski definition) is 1. The van der Waals surface area contributed by atoms with Gasteiger partial charge in [-0.2, -0.15) is 0 Å². The van der Waals surface area contributed by atoms with Gasteiger partial charge in [-0.05, 0) is 36.4 Å². The Kier molecular flexibility index (Phi) is 4.37. The van der Waals surface area contributed by atoms with Crippen LogP contribution in [-0.2, 0) is 4.79 Å². The molecule has 1 heterocycles. The summed E-state index contributed by atoms with van der Waals surface area (Å²) in [5.74, 6) is -2.25. The van der Waals surface area contributed by atoms with E-state index in [-0.39, 0.29) is 16.8 Å². The molecule has 0 bridgehead atoms. The second-order valence-electron chi connectivity index (χ2n) is 5.36. The Balaban J connectivity index is 1.63. The SMILES string of the molecule is O=C(CN1C(=O)c2ccccc2C1=O)Nc1ccc(OC(F)(F)F)cc1. The zero-order chi connectivity index (χ0) is 18.9.